The van der Waals surface area contributed by atoms with E-state index in [4.69, 9.17) is 4.74 Å². The van der Waals surface area contributed by atoms with Crippen molar-refractivity contribution in [2.24, 2.45) is 0 Å². The summed E-state index contributed by atoms with van der Waals surface area (Å²) < 4.78 is 5.50. The second-order valence-corrected chi connectivity index (χ2v) is 4.41. The Morgan fingerprint density at radius 2 is 2.24 bits per heavy atom. The summed E-state index contributed by atoms with van der Waals surface area (Å²) in [5.74, 6) is 1.06. The van der Waals surface area contributed by atoms with E-state index in [-0.39, 0.29) is 5.92 Å². The van der Waals surface area contributed by atoms with Gasteiger partial charge in [-0.25, -0.2) is 0 Å². The second-order valence-electron chi connectivity index (χ2n) is 4.41. The summed E-state index contributed by atoms with van der Waals surface area (Å²) in [5.41, 5.74) is 3.27. The maximum atomic E-state index is 10.6. The van der Waals surface area contributed by atoms with Crippen molar-refractivity contribution in [3.8, 4) is 5.75 Å². The Bertz CT molecular complexity index is 542. The SMILES string of the molecule is COc1c(C(C)CC=O)ccc2[nH]c(C)cc12. The lowest BCUT2D eigenvalue weighted by molar-refractivity contribution is -0.108. The number of carbonyl (C=O) groups is 1. The number of benzene rings is 1. The first-order valence-electron chi connectivity index (χ1n) is 5.77. The average molecular weight is 231 g/mol. The molecule has 0 fully saturated rings. The number of rotatable bonds is 4. The molecule has 1 aromatic heterocycles. The molecule has 0 amide bonds. The van der Waals surface area contributed by atoms with E-state index in [0.717, 1.165) is 34.2 Å². The van der Waals surface area contributed by atoms with E-state index in [1.807, 2.05) is 26.0 Å². The van der Waals surface area contributed by atoms with Crippen molar-refractivity contribution in [3.63, 3.8) is 0 Å². The molecule has 0 aliphatic heterocycles. The van der Waals surface area contributed by atoms with Crippen LogP contribution in [0.5, 0.6) is 5.75 Å². The van der Waals surface area contributed by atoms with Crippen molar-refractivity contribution >= 4 is 17.2 Å². The first-order chi connectivity index (χ1) is 8.17. The fourth-order valence-corrected chi connectivity index (χ4v) is 2.22. The van der Waals surface area contributed by atoms with Crippen LogP contribution in [0.1, 0.15) is 30.5 Å². The highest BCUT2D eigenvalue weighted by molar-refractivity contribution is 5.88. The van der Waals surface area contributed by atoms with Crippen molar-refractivity contribution < 1.29 is 9.53 Å². The Morgan fingerprint density at radius 1 is 1.47 bits per heavy atom. The number of ether oxygens (including phenoxy) is 1. The van der Waals surface area contributed by atoms with Crippen LogP contribution in [-0.2, 0) is 4.79 Å². The van der Waals surface area contributed by atoms with Gasteiger partial charge in [0, 0.05) is 23.0 Å². The van der Waals surface area contributed by atoms with Crippen molar-refractivity contribution in [2.75, 3.05) is 7.11 Å². The molecule has 1 N–H and O–H groups in total. The standard InChI is InChI=1S/C14H17NO2/c1-9(6-7-16)11-4-5-13-12(14(11)17-3)8-10(2)15-13/h4-5,7-9,15H,6H2,1-3H3. The number of carbonyl (C=O) groups excluding carboxylic acids is 1. The Morgan fingerprint density at radius 3 is 2.88 bits per heavy atom. The molecular formula is C14H17NO2. The molecule has 1 unspecified atom stereocenters. The summed E-state index contributed by atoms with van der Waals surface area (Å²) in [4.78, 5) is 13.9. The van der Waals surface area contributed by atoms with E-state index < -0.39 is 0 Å². The van der Waals surface area contributed by atoms with Crippen molar-refractivity contribution in [2.45, 2.75) is 26.2 Å². The highest BCUT2D eigenvalue weighted by Gasteiger charge is 2.15. The van der Waals surface area contributed by atoms with Gasteiger partial charge < -0.3 is 14.5 Å². The third kappa shape index (κ3) is 2.05. The smallest absolute Gasteiger partial charge is 0.131 e. The van der Waals surface area contributed by atoms with E-state index in [1.165, 1.54) is 0 Å². The number of nitrogens with one attached hydrogen (secondary N) is 1. The third-order valence-electron chi connectivity index (χ3n) is 3.10. The zero-order chi connectivity index (χ0) is 12.4. The molecule has 0 radical (unpaired) electrons. The van der Waals surface area contributed by atoms with Crippen LogP contribution in [0, 0.1) is 6.92 Å². The molecule has 0 saturated carbocycles. The number of methoxy groups -OCH3 is 1. The van der Waals surface area contributed by atoms with Gasteiger partial charge in [0.2, 0.25) is 0 Å². The van der Waals surface area contributed by atoms with Crippen LogP contribution in [0.4, 0.5) is 0 Å². The predicted octanol–water partition coefficient (Wildman–Crippen LogP) is 3.18. The van der Waals surface area contributed by atoms with E-state index in [0.29, 0.717) is 6.42 Å². The van der Waals surface area contributed by atoms with Gasteiger partial charge in [0.15, 0.2) is 0 Å². The number of H-pyrrole nitrogens is 1. The fourth-order valence-electron chi connectivity index (χ4n) is 2.22. The molecule has 0 saturated heterocycles. The topological polar surface area (TPSA) is 42.1 Å². The average Bonchev–Trinajstić information content (AvgIpc) is 2.68. The van der Waals surface area contributed by atoms with Crippen LogP contribution in [0.2, 0.25) is 0 Å². The van der Waals surface area contributed by atoms with Gasteiger partial charge in [-0.2, -0.15) is 0 Å². The molecule has 17 heavy (non-hydrogen) atoms. The molecule has 1 atom stereocenters. The Balaban J connectivity index is 2.59. The maximum Gasteiger partial charge on any atom is 0.131 e. The van der Waals surface area contributed by atoms with E-state index in [2.05, 4.69) is 11.1 Å². The van der Waals surface area contributed by atoms with E-state index in [1.54, 1.807) is 7.11 Å². The lowest BCUT2D eigenvalue weighted by Crippen LogP contribution is -1.98. The molecular weight excluding hydrogens is 214 g/mol. The van der Waals surface area contributed by atoms with Crippen molar-refractivity contribution in [1.82, 2.24) is 4.98 Å². The predicted molar refractivity (Wildman–Crippen MR) is 68.7 cm³/mol. The minimum Gasteiger partial charge on any atom is -0.496 e. The number of aryl methyl sites for hydroxylation is 1. The van der Waals surface area contributed by atoms with Crippen LogP contribution in [0.3, 0.4) is 0 Å². The second kappa shape index (κ2) is 4.62. The van der Waals surface area contributed by atoms with Gasteiger partial charge in [0.25, 0.3) is 0 Å². The number of aldehydes is 1. The largest absolute Gasteiger partial charge is 0.496 e. The van der Waals surface area contributed by atoms with Gasteiger partial charge in [-0.05, 0) is 30.5 Å². The van der Waals surface area contributed by atoms with Crippen LogP contribution in [-0.4, -0.2) is 18.4 Å². The van der Waals surface area contributed by atoms with Crippen LogP contribution >= 0.6 is 0 Å². The Kier molecular flexibility index (Phi) is 3.18. The molecule has 1 aromatic carbocycles. The molecule has 2 aromatic rings. The molecule has 0 aliphatic rings. The summed E-state index contributed by atoms with van der Waals surface area (Å²) in [6, 6.07) is 6.15. The quantitative estimate of drug-likeness (QED) is 0.821. The van der Waals surface area contributed by atoms with Gasteiger partial charge in [0.1, 0.15) is 12.0 Å². The summed E-state index contributed by atoms with van der Waals surface area (Å²) in [6.45, 7) is 4.06. The highest BCUT2D eigenvalue weighted by atomic mass is 16.5. The molecule has 3 heteroatoms. The number of aromatic nitrogens is 1. The van der Waals surface area contributed by atoms with Crippen LogP contribution in [0.15, 0.2) is 18.2 Å². The van der Waals surface area contributed by atoms with Gasteiger partial charge in [0.05, 0.1) is 7.11 Å². The number of hydrogen-bond acceptors (Lipinski definition) is 2. The Labute approximate surface area is 101 Å². The lowest BCUT2D eigenvalue weighted by Gasteiger charge is -2.14. The molecule has 0 aliphatic carbocycles. The van der Waals surface area contributed by atoms with E-state index >= 15 is 0 Å². The van der Waals surface area contributed by atoms with Gasteiger partial charge >= 0.3 is 0 Å². The molecule has 90 valence electrons. The monoisotopic (exact) mass is 231 g/mol. The fraction of sp³-hybridized carbons (Fsp3) is 0.357. The number of hydrogen-bond donors (Lipinski definition) is 1. The summed E-state index contributed by atoms with van der Waals surface area (Å²) in [5, 5.41) is 1.08. The molecule has 2 rings (SSSR count). The number of aromatic amines is 1. The first kappa shape index (κ1) is 11.7. The summed E-state index contributed by atoms with van der Waals surface area (Å²) >= 11 is 0. The first-order valence-corrected chi connectivity index (χ1v) is 5.77. The molecule has 1 heterocycles. The lowest BCUT2D eigenvalue weighted by atomic mass is 9.96. The minimum absolute atomic E-state index is 0.182. The van der Waals surface area contributed by atoms with Gasteiger partial charge in [-0.15, -0.1) is 0 Å². The highest BCUT2D eigenvalue weighted by Crippen LogP contribution is 2.35. The van der Waals surface area contributed by atoms with Crippen molar-refractivity contribution in [3.05, 3.63) is 29.5 Å². The Hall–Kier alpha value is -1.77. The molecule has 0 spiro atoms. The normalized spacial score (nSPS) is 12.6. The van der Waals surface area contributed by atoms with Gasteiger partial charge in [-0.1, -0.05) is 13.0 Å². The van der Waals surface area contributed by atoms with Crippen LogP contribution < -0.4 is 4.74 Å². The zero-order valence-corrected chi connectivity index (χ0v) is 10.4. The summed E-state index contributed by atoms with van der Waals surface area (Å²) in [7, 11) is 1.67. The molecule has 0 bridgehead atoms. The minimum atomic E-state index is 0.182. The summed E-state index contributed by atoms with van der Waals surface area (Å²) in [6.07, 6.45) is 1.47. The van der Waals surface area contributed by atoms with Crippen LogP contribution in [0.25, 0.3) is 10.9 Å². The van der Waals surface area contributed by atoms with Gasteiger partial charge in [-0.3, -0.25) is 0 Å². The molecule has 3 nitrogen and oxygen atoms in total. The van der Waals surface area contributed by atoms with E-state index in [9.17, 15) is 4.79 Å². The van der Waals surface area contributed by atoms with Crippen molar-refractivity contribution in [1.29, 1.82) is 0 Å². The third-order valence-corrected chi connectivity index (χ3v) is 3.10. The zero-order valence-electron chi connectivity index (χ0n) is 10.4. The maximum absolute atomic E-state index is 10.6. The number of fused-ring (bicyclic) bond motifs is 1.